The Morgan fingerprint density at radius 1 is 0.690 bits per heavy atom. The quantitative estimate of drug-likeness (QED) is 0.202. The minimum Gasteiger partial charge on any atom is -0.508 e. The molecule has 0 aliphatic heterocycles. The van der Waals surface area contributed by atoms with Gasteiger partial charge in [-0.05, 0) is 59.9 Å². The maximum Gasteiger partial charge on any atom is 0.328 e. The van der Waals surface area contributed by atoms with Crippen LogP contribution in [0.1, 0.15) is 42.0 Å². The number of carbonyl (C=O) groups is 3. The first-order chi connectivity index (χ1) is 20.3. The molecular formula is C34H33NO7. The van der Waals surface area contributed by atoms with Crippen molar-refractivity contribution in [3.8, 4) is 11.5 Å². The van der Waals surface area contributed by atoms with E-state index in [-0.39, 0.29) is 37.6 Å². The lowest BCUT2D eigenvalue weighted by atomic mass is 9.75. The van der Waals surface area contributed by atoms with E-state index < -0.39 is 29.3 Å². The first-order valence-electron chi connectivity index (χ1n) is 13.6. The number of hydrogen-bond acceptors (Lipinski definition) is 7. The van der Waals surface area contributed by atoms with Gasteiger partial charge in [-0.25, -0.2) is 4.79 Å². The van der Waals surface area contributed by atoms with Crippen molar-refractivity contribution in [1.29, 1.82) is 0 Å². The molecule has 4 aromatic carbocycles. The molecule has 4 rings (SSSR count). The molecule has 0 fully saturated rings. The molecule has 4 aromatic rings. The first-order valence-corrected chi connectivity index (χ1v) is 13.6. The molecule has 0 aliphatic carbocycles. The van der Waals surface area contributed by atoms with Crippen LogP contribution in [0.4, 0.5) is 0 Å². The van der Waals surface area contributed by atoms with E-state index >= 15 is 0 Å². The number of aromatic hydroxyl groups is 2. The molecule has 0 saturated carbocycles. The van der Waals surface area contributed by atoms with Crippen molar-refractivity contribution in [2.24, 2.45) is 0 Å². The summed E-state index contributed by atoms with van der Waals surface area (Å²) in [5, 5.41) is 22.5. The van der Waals surface area contributed by atoms with Gasteiger partial charge in [-0.15, -0.1) is 0 Å². The Hall–Kier alpha value is -5.11. The average Bonchev–Trinajstić information content (AvgIpc) is 3.02. The fourth-order valence-corrected chi connectivity index (χ4v) is 4.47. The average molecular weight is 568 g/mol. The lowest BCUT2D eigenvalue weighted by Crippen LogP contribution is -2.50. The minimum absolute atomic E-state index is 0.00229. The summed E-state index contributed by atoms with van der Waals surface area (Å²) in [6.45, 7) is 1.77. The van der Waals surface area contributed by atoms with Crippen LogP contribution in [0.2, 0.25) is 0 Å². The molecule has 216 valence electrons. The van der Waals surface area contributed by atoms with Crippen molar-refractivity contribution in [1.82, 2.24) is 5.32 Å². The van der Waals surface area contributed by atoms with Gasteiger partial charge >= 0.3 is 11.9 Å². The van der Waals surface area contributed by atoms with E-state index in [1.807, 2.05) is 60.7 Å². The summed E-state index contributed by atoms with van der Waals surface area (Å²) in [5.41, 5.74) is 1.37. The number of amides is 1. The highest BCUT2D eigenvalue weighted by Crippen LogP contribution is 2.34. The van der Waals surface area contributed by atoms with Gasteiger partial charge in [-0.1, -0.05) is 84.9 Å². The fourth-order valence-electron chi connectivity index (χ4n) is 4.47. The number of carbonyl (C=O) groups excluding carboxylic acids is 3. The molecular weight excluding hydrogens is 534 g/mol. The Morgan fingerprint density at radius 3 is 1.62 bits per heavy atom. The zero-order chi connectivity index (χ0) is 30.0. The van der Waals surface area contributed by atoms with Gasteiger partial charge in [0.25, 0.3) is 0 Å². The zero-order valence-electron chi connectivity index (χ0n) is 23.2. The van der Waals surface area contributed by atoms with Crippen molar-refractivity contribution in [3.63, 3.8) is 0 Å². The second kappa shape index (κ2) is 14.0. The third-order valence-corrected chi connectivity index (χ3v) is 7.04. The molecule has 8 nitrogen and oxygen atoms in total. The number of esters is 2. The largest absolute Gasteiger partial charge is 0.508 e. The van der Waals surface area contributed by atoms with E-state index in [1.54, 1.807) is 31.2 Å². The van der Waals surface area contributed by atoms with Gasteiger partial charge < -0.3 is 25.0 Å². The Morgan fingerprint density at radius 2 is 1.14 bits per heavy atom. The number of nitrogens with one attached hydrogen (secondary N) is 1. The summed E-state index contributed by atoms with van der Waals surface area (Å²) in [6, 6.07) is 29.5. The van der Waals surface area contributed by atoms with E-state index in [1.165, 1.54) is 24.3 Å². The molecule has 42 heavy (non-hydrogen) atoms. The van der Waals surface area contributed by atoms with Crippen LogP contribution in [-0.2, 0) is 42.5 Å². The van der Waals surface area contributed by atoms with Crippen molar-refractivity contribution in [2.45, 2.75) is 44.4 Å². The van der Waals surface area contributed by atoms with Crippen LogP contribution in [0.15, 0.2) is 109 Å². The number of hydrogen-bond donors (Lipinski definition) is 3. The van der Waals surface area contributed by atoms with Gasteiger partial charge in [0.1, 0.15) is 30.8 Å². The van der Waals surface area contributed by atoms with Crippen LogP contribution < -0.4 is 5.32 Å². The Bertz CT molecular complexity index is 1420. The molecule has 0 heterocycles. The summed E-state index contributed by atoms with van der Waals surface area (Å²) in [4.78, 5) is 39.9. The highest BCUT2D eigenvalue weighted by Gasteiger charge is 2.39. The van der Waals surface area contributed by atoms with Crippen LogP contribution in [0.5, 0.6) is 11.5 Å². The van der Waals surface area contributed by atoms with Gasteiger partial charge in [0.05, 0.1) is 5.41 Å². The van der Waals surface area contributed by atoms with E-state index in [0.717, 1.165) is 11.1 Å². The van der Waals surface area contributed by atoms with E-state index in [4.69, 9.17) is 9.47 Å². The number of phenolic OH excluding ortho intramolecular Hbond substituents is 2. The summed E-state index contributed by atoms with van der Waals surface area (Å²) >= 11 is 0. The first kappa shape index (κ1) is 29.9. The van der Waals surface area contributed by atoms with Crippen LogP contribution in [0.3, 0.4) is 0 Å². The highest BCUT2D eigenvalue weighted by molar-refractivity contribution is 5.94. The number of rotatable bonds is 12. The summed E-state index contributed by atoms with van der Waals surface area (Å²) in [7, 11) is 0. The highest BCUT2D eigenvalue weighted by atomic mass is 16.5. The van der Waals surface area contributed by atoms with E-state index in [0.29, 0.717) is 11.1 Å². The molecule has 0 aromatic heterocycles. The Balaban J connectivity index is 1.54. The second-order valence-electron chi connectivity index (χ2n) is 10.0. The van der Waals surface area contributed by atoms with E-state index in [2.05, 4.69) is 5.32 Å². The number of benzene rings is 4. The molecule has 1 amide bonds. The predicted octanol–water partition coefficient (Wildman–Crippen LogP) is 5.16. The molecule has 1 atom stereocenters. The molecule has 3 N–H and O–H groups in total. The maximum absolute atomic E-state index is 14.0. The smallest absolute Gasteiger partial charge is 0.328 e. The van der Waals surface area contributed by atoms with E-state index in [9.17, 15) is 24.6 Å². The van der Waals surface area contributed by atoms with Crippen LogP contribution in [-0.4, -0.2) is 34.1 Å². The van der Waals surface area contributed by atoms with Crippen LogP contribution in [0, 0.1) is 0 Å². The predicted molar refractivity (Wildman–Crippen MR) is 156 cm³/mol. The molecule has 0 aliphatic rings. The molecule has 0 spiro atoms. The molecule has 0 radical (unpaired) electrons. The van der Waals surface area contributed by atoms with Gasteiger partial charge in [0.15, 0.2) is 0 Å². The lowest BCUT2D eigenvalue weighted by molar-refractivity contribution is -0.151. The van der Waals surface area contributed by atoms with Crippen molar-refractivity contribution >= 4 is 17.8 Å². The second-order valence-corrected chi connectivity index (χ2v) is 10.0. The maximum atomic E-state index is 14.0. The van der Waals surface area contributed by atoms with Gasteiger partial charge in [0, 0.05) is 6.42 Å². The number of ether oxygens (including phenoxy) is 2. The summed E-state index contributed by atoms with van der Waals surface area (Å²) in [6.07, 6.45) is -0.179. The molecule has 0 saturated heterocycles. The minimum atomic E-state index is -1.33. The zero-order valence-corrected chi connectivity index (χ0v) is 23.2. The SMILES string of the molecule is CC(C(=O)N[C@@H](CCC(=O)OCc1ccccc1)C(=O)OCc1ccccc1)(c1ccc(O)cc1)c1ccc(O)cc1. The topological polar surface area (TPSA) is 122 Å². The normalized spacial score (nSPS) is 11.7. The molecule has 0 bridgehead atoms. The third kappa shape index (κ3) is 7.75. The van der Waals surface area contributed by atoms with Gasteiger partial charge in [-0.3, -0.25) is 9.59 Å². The molecule has 0 unspecified atom stereocenters. The van der Waals surface area contributed by atoms with Gasteiger partial charge in [-0.2, -0.15) is 0 Å². The fraction of sp³-hybridized carbons (Fsp3) is 0.206. The third-order valence-electron chi connectivity index (χ3n) is 7.04. The molecule has 8 heteroatoms. The Labute approximate surface area is 244 Å². The van der Waals surface area contributed by atoms with Crippen LogP contribution in [0.25, 0.3) is 0 Å². The summed E-state index contributed by atoms with van der Waals surface area (Å²) < 4.78 is 10.9. The number of phenols is 2. The van der Waals surface area contributed by atoms with Crippen molar-refractivity contribution < 1.29 is 34.1 Å². The summed E-state index contributed by atoms with van der Waals surface area (Å²) in [5.74, 6) is -1.68. The Kier molecular flexibility index (Phi) is 9.94. The standard InChI is InChI=1S/C34H33NO7/c1-34(26-12-16-28(36)17-13-26,27-14-18-29(37)19-15-27)33(40)35-30(32(39)42-23-25-10-6-3-7-11-25)20-21-31(38)41-22-24-8-4-2-5-9-24/h2-19,30,36-37H,20-23H2,1H3,(H,35,40)/t30-/m0/s1. The monoisotopic (exact) mass is 567 g/mol. The van der Waals surface area contributed by atoms with Crippen molar-refractivity contribution in [2.75, 3.05) is 0 Å². The lowest BCUT2D eigenvalue weighted by Gasteiger charge is -2.31. The van der Waals surface area contributed by atoms with Crippen LogP contribution >= 0.6 is 0 Å². The van der Waals surface area contributed by atoms with Gasteiger partial charge in [0.2, 0.25) is 5.91 Å². The van der Waals surface area contributed by atoms with Crippen molar-refractivity contribution in [3.05, 3.63) is 131 Å².